The maximum absolute atomic E-state index is 12.2. The average Bonchev–Trinajstić information content (AvgIpc) is 2.99. The number of esters is 1. The van der Waals surface area contributed by atoms with Crippen LogP contribution in [0.1, 0.15) is 76.8 Å². The van der Waals surface area contributed by atoms with Crippen molar-refractivity contribution >= 4 is 12.1 Å². The van der Waals surface area contributed by atoms with Crippen LogP contribution in [0.5, 0.6) is 5.75 Å². The lowest BCUT2D eigenvalue weighted by molar-refractivity contribution is -0.133. The van der Waals surface area contributed by atoms with Gasteiger partial charge in [-0.2, -0.15) is 0 Å². The minimum Gasteiger partial charge on any atom is -0.444 e. The van der Waals surface area contributed by atoms with Crippen molar-refractivity contribution in [3.8, 4) is 5.75 Å². The van der Waals surface area contributed by atoms with Crippen molar-refractivity contribution in [1.29, 1.82) is 0 Å². The Labute approximate surface area is 184 Å². The number of carbonyl (C=O) groups is 2. The number of ether oxygens (including phenoxy) is 2. The van der Waals surface area contributed by atoms with Gasteiger partial charge < -0.3 is 19.9 Å². The number of aliphatic hydroxyl groups is 1. The highest BCUT2D eigenvalue weighted by atomic mass is 16.6. The normalized spacial score (nSPS) is 31.8. The molecule has 3 aliphatic carbocycles. The maximum atomic E-state index is 12.2. The quantitative estimate of drug-likeness (QED) is 0.552. The van der Waals surface area contributed by atoms with Crippen molar-refractivity contribution in [3.05, 3.63) is 29.3 Å². The molecule has 2 fully saturated rings. The zero-order chi connectivity index (χ0) is 22.4. The number of carbonyl (C=O) groups excluding carboxylic acids is 2. The predicted octanol–water partition coefficient (Wildman–Crippen LogP) is 4.33. The van der Waals surface area contributed by atoms with E-state index in [1.54, 1.807) is 20.8 Å². The molecule has 0 heterocycles. The van der Waals surface area contributed by atoms with Crippen molar-refractivity contribution in [1.82, 2.24) is 5.32 Å². The summed E-state index contributed by atoms with van der Waals surface area (Å²) >= 11 is 0. The van der Waals surface area contributed by atoms with E-state index in [4.69, 9.17) is 9.47 Å². The maximum Gasteiger partial charge on any atom is 0.408 e. The van der Waals surface area contributed by atoms with E-state index in [9.17, 15) is 14.7 Å². The van der Waals surface area contributed by atoms with Crippen LogP contribution in [0.3, 0.4) is 0 Å². The first-order chi connectivity index (χ1) is 14.6. The summed E-state index contributed by atoms with van der Waals surface area (Å²) in [5.74, 6) is 1.77. The van der Waals surface area contributed by atoms with Crippen molar-refractivity contribution in [2.75, 3.05) is 6.54 Å². The number of aryl methyl sites for hydroxylation is 1. The van der Waals surface area contributed by atoms with E-state index in [2.05, 4.69) is 18.3 Å². The van der Waals surface area contributed by atoms with E-state index < -0.39 is 17.7 Å². The summed E-state index contributed by atoms with van der Waals surface area (Å²) in [5, 5.41) is 13.0. The van der Waals surface area contributed by atoms with E-state index in [-0.39, 0.29) is 18.1 Å². The third-order valence-electron chi connectivity index (χ3n) is 7.66. The lowest BCUT2D eigenvalue weighted by atomic mass is 9.55. The molecule has 170 valence electrons. The smallest absolute Gasteiger partial charge is 0.408 e. The van der Waals surface area contributed by atoms with Gasteiger partial charge in [-0.3, -0.25) is 0 Å². The molecule has 4 rings (SSSR count). The van der Waals surface area contributed by atoms with Gasteiger partial charge in [0.15, 0.2) is 0 Å². The molecule has 0 spiro atoms. The van der Waals surface area contributed by atoms with Crippen molar-refractivity contribution in [3.63, 3.8) is 0 Å². The van der Waals surface area contributed by atoms with E-state index in [1.165, 1.54) is 11.1 Å². The Bertz CT molecular complexity index is 860. The van der Waals surface area contributed by atoms with Crippen LogP contribution in [-0.2, 0) is 16.0 Å². The molecule has 6 nitrogen and oxygen atoms in total. The van der Waals surface area contributed by atoms with Crippen LogP contribution >= 0.6 is 0 Å². The number of fused-ring (bicyclic) bond motifs is 5. The predicted molar refractivity (Wildman–Crippen MR) is 117 cm³/mol. The number of hydrogen-bond acceptors (Lipinski definition) is 5. The lowest BCUT2D eigenvalue weighted by Crippen LogP contribution is -2.43. The number of rotatable bonds is 3. The Morgan fingerprint density at radius 2 is 1.97 bits per heavy atom. The number of alkyl carbamates (subject to hydrolysis) is 1. The topological polar surface area (TPSA) is 84.9 Å². The summed E-state index contributed by atoms with van der Waals surface area (Å²) in [5.41, 5.74) is 2.10. The summed E-state index contributed by atoms with van der Waals surface area (Å²) in [4.78, 5) is 23.9. The van der Waals surface area contributed by atoms with Gasteiger partial charge in [-0.15, -0.1) is 0 Å². The zero-order valence-corrected chi connectivity index (χ0v) is 19.1. The molecule has 0 saturated heterocycles. The van der Waals surface area contributed by atoms with Crippen LogP contribution in [0, 0.1) is 17.3 Å². The number of hydrogen-bond donors (Lipinski definition) is 2. The second kappa shape index (κ2) is 8.12. The minimum atomic E-state index is -0.637. The molecule has 3 aliphatic rings. The van der Waals surface area contributed by atoms with Gasteiger partial charge in [0, 0.05) is 0 Å². The number of benzene rings is 1. The van der Waals surface area contributed by atoms with Gasteiger partial charge in [0.05, 0.1) is 6.10 Å². The first kappa shape index (κ1) is 22.1. The van der Waals surface area contributed by atoms with Crippen LogP contribution in [0.15, 0.2) is 18.2 Å². The second-order valence-corrected chi connectivity index (χ2v) is 10.7. The minimum absolute atomic E-state index is 0.0787. The first-order valence-electron chi connectivity index (χ1n) is 11.6. The van der Waals surface area contributed by atoms with Crippen molar-refractivity contribution in [2.24, 2.45) is 17.3 Å². The van der Waals surface area contributed by atoms with Gasteiger partial charge >= 0.3 is 12.1 Å². The van der Waals surface area contributed by atoms with Crippen LogP contribution < -0.4 is 10.1 Å². The molecule has 0 aromatic heterocycles. The van der Waals surface area contributed by atoms with Gasteiger partial charge in [-0.05, 0) is 106 Å². The fraction of sp³-hybridized carbons (Fsp3) is 0.680. The van der Waals surface area contributed by atoms with E-state index in [0.29, 0.717) is 23.5 Å². The molecule has 0 radical (unpaired) electrons. The molecule has 0 bridgehead atoms. The zero-order valence-electron chi connectivity index (χ0n) is 19.1. The molecule has 6 heteroatoms. The van der Waals surface area contributed by atoms with Gasteiger partial charge in [0.25, 0.3) is 0 Å². The van der Waals surface area contributed by atoms with Crippen LogP contribution in [-0.4, -0.2) is 35.4 Å². The highest BCUT2D eigenvalue weighted by Gasteiger charge is 2.54. The summed E-state index contributed by atoms with van der Waals surface area (Å²) in [6.07, 6.45) is 5.56. The Kier molecular flexibility index (Phi) is 5.80. The van der Waals surface area contributed by atoms with Gasteiger partial charge in [0.1, 0.15) is 17.9 Å². The first-order valence-corrected chi connectivity index (χ1v) is 11.6. The summed E-state index contributed by atoms with van der Waals surface area (Å²) < 4.78 is 10.6. The highest BCUT2D eigenvalue weighted by Crippen LogP contribution is 2.60. The molecular weight excluding hydrogens is 394 g/mol. The molecule has 3 unspecified atom stereocenters. The van der Waals surface area contributed by atoms with E-state index in [1.807, 2.05) is 12.1 Å². The molecular formula is C25H35NO5. The molecule has 31 heavy (non-hydrogen) atoms. The molecule has 1 aromatic rings. The monoisotopic (exact) mass is 429 g/mol. The molecule has 2 saturated carbocycles. The third-order valence-corrected chi connectivity index (χ3v) is 7.66. The summed E-state index contributed by atoms with van der Waals surface area (Å²) in [7, 11) is 0. The van der Waals surface area contributed by atoms with Gasteiger partial charge in [-0.1, -0.05) is 13.0 Å². The fourth-order valence-corrected chi connectivity index (χ4v) is 6.22. The van der Waals surface area contributed by atoms with Gasteiger partial charge in [0.2, 0.25) is 0 Å². The highest BCUT2D eigenvalue weighted by molar-refractivity contribution is 5.79. The fourth-order valence-electron chi connectivity index (χ4n) is 6.22. The molecule has 2 N–H and O–H groups in total. The lowest BCUT2D eigenvalue weighted by Gasteiger charge is -2.50. The van der Waals surface area contributed by atoms with Crippen LogP contribution in [0.2, 0.25) is 0 Å². The molecule has 1 amide bonds. The summed E-state index contributed by atoms with van der Waals surface area (Å²) in [6, 6.07) is 5.96. The Morgan fingerprint density at radius 3 is 2.71 bits per heavy atom. The molecule has 0 aliphatic heterocycles. The van der Waals surface area contributed by atoms with Crippen molar-refractivity contribution < 1.29 is 24.2 Å². The number of nitrogens with one attached hydrogen (secondary N) is 1. The molecule has 1 aromatic carbocycles. The third kappa shape index (κ3) is 4.45. The SMILES string of the molecule is CC(C)(C)OC(=O)NCC(=O)Oc1ccc2c(c1)CCC1C2CC[C@@]2(C)C1CC[C@@H]2O. The standard InChI is InChI=1S/C25H35NO5/c1-24(2,3)31-23(29)26-14-22(28)30-16-6-8-17-15(13-16)5-7-19-18(17)11-12-25(4)20(19)9-10-21(25)27/h6,8,13,18-21,27H,5,7,9-12,14H2,1-4H3,(H,26,29)/t18?,19?,20?,21-,25-/m0/s1. The molecule has 5 atom stereocenters. The second-order valence-electron chi connectivity index (χ2n) is 10.7. The van der Waals surface area contributed by atoms with Crippen LogP contribution in [0.25, 0.3) is 0 Å². The average molecular weight is 430 g/mol. The van der Waals surface area contributed by atoms with Gasteiger partial charge in [-0.25, -0.2) is 9.59 Å². The van der Waals surface area contributed by atoms with Crippen molar-refractivity contribution in [2.45, 2.75) is 83.8 Å². The largest absolute Gasteiger partial charge is 0.444 e. The van der Waals surface area contributed by atoms with E-state index in [0.717, 1.165) is 38.5 Å². The van der Waals surface area contributed by atoms with Crippen LogP contribution in [0.4, 0.5) is 4.79 Å². The number of aliphatic hydroxyl groups excluding tert-OH is 1. The Morgan fingerprint density at radius 1 is 1.19 bits per heavy atom. The number of amides is 1. The summed E-state index contributed by atoms with van der Waals surface area (Å²) in [6.45, 7) is 7.35. The Balaban J connectivity index is 1.38. The van der Waals surface area contributed by atoms with E-state index >= 15 is 0 Å². The Hall–Kier alpha value is -2.08.